The van der Waals surface area contributed by atoms with Crippen molar-refractivity contribution in [2.75, 3.05) is 6.61 Å². The molecule has 0 aliphatic carbocycles. The van der Waals surface area contributed by atoms with Crippen LogP contribution in [0, 0.1) is 3.57 Å². The Morgan fingerprint density at radius 1 is 0.880 bits per heavy atom. The monoisotopic (exact) mass is 446 g/mol. The third kappa shape index (κ3) is 4.27. The number of nitrogens with one attached hydrogen (secondary N) is 2. The molecule has 2 amide bonds. The van der Waals surface area contributed by atoms with Crippen LogP contribution in [-0.4, -0.2) is 18.4 Å². The SMILES string of the molecule is O=C(COc1cccc2ccccc12)NNC(=O)c1ccccc1I. The van der Waals surface area contributed by atoms with Crippen molar-refractivity contribution in [1.29, 1.82) is 0 Å². The first-order chi connectivity index (χ1) is 12.1. The highest BCUT2D eigenvalue weighted by molar-refractivity contribution is 14.1. The summed E-state index contributed by atoms with van der Waals surface area (Å²) in [5.41, 5.74) is 5.25. The lowest BCUT2D eigenvalue weighted by Gasteiger charge is -2.11. The van der Waals surface area contributed by atoms with Crippen LogP contribution in [-0.2, 0) is 4.79 Å². The summed E-state index contributed by atoms with van der Waals surface area (Å²) in [6.07, 6.45) is 0. The van der Waals surface area contributed by atoms with E-state index in [9.17, 15) is 9.59 Å². The number of fused-ring (bicyclic) bond motifs is 1. The van der Waals surface area contributed by atoms with Crippen LogP contribution >= 0.6 is 22.6 Å². The van der Waals surface area contributed by atoms with E-state index in [1.807, 2.05) is 48.5 Å². The first kappa shape index (κ1) is 17.2. The molecule has 0 bridgehead atoms. The Balaban J connectivity index is 1.56. The van der Waals surface area contributed by atoms with Gasteiger partial charge in [0.25, 0.3) is 11.8 Å². The van der Waals surface area contributed by atoms with E-state index in [4.69, 9.17) is 4.74 Å². The zero-order valence-electron chi connectivity index (χ0n) is 13.2. The molecule has 25 heavy (non-hydrogen) atoms. The molecule has 0 heterocycles. The van der Waals surface area contributed by atoms with Crippen molar-refractivity contribution in [3.63, 3.8) is 0 Å². The van der Waals surface area contributed by atoms with E-state index in [1.54, 1.807) is 18.2 Å². The summed E-state index contributed by atoms with van der Waals surface area (Å²) < 4.78 is 6.38. The maximum absolute atomic E-state index is 12.0. The molecule has 0 radical (unpaired) electrons. The summed E-state index contributed by atoms with van der Waals surface area (Å²) in [6.45, 7) is -0.194. The van der Waals surface area contributed by atoms with Gasteiger partial charge in [0, 0.05) is 8.96 Å². The molecule has 0 unspecified atom stereocenters. The molecule has 0 fully saturated rings. The van der Waals surface area contributed by atoms with Crippen LogP contribution in [0.1, 0.15) is 10.4 Å². The van der Waals surface area contributed by atoms with Crippen LogP contribution in [0.5, 0.6) is 5.75 Å². The minimum atomic E-state index is -0.438. The summed E-state index contributed by atoms with van der Waals surface area (Å²) in [6, 6.07) is 20.5. The molecule has 3 aromatic carbocycles. The minimum Gasteiger partial charge on any atom is -0.483 e. The zero-order valence-corrected chi connectivity index (χ0v) is 15.3. The summed E-state index contributed by atoms with van der Waals surface area (Å²) in [5.74, 6) is -0.187. The van der Waals surface area contributed by atoms with Crippen molar-refractivity contribution >= 4 is 45.2 Å². The van der Waals surface area contributed by atoms with Gasteiger partial charge < -0.3 is 4.74 Å². The largest absolute Gasteiger partial charge is 0.483 e. The summed E-state index contributed by atoms with van der Waals surface area (Å²) in [4.78, 5) is 24.0. The molecule has 6 heteroatoms. The Morgan fingerprint density at radius 2 is 1.60 bits per heavy atom. The van der Waals surface area contributed by atoms with Crippen LogP contribution in [0.3, 0.4) is 0 Å². The molecule has 0 aromatic heterocycles. The van der Waals surface area contributed by atoms with Gasteiger partial charge in [0.1, 0.15) is 5.75 Å². The number of amides is 2. The number of benzene rings is 3. The van der Waals surface area contributed by atoms with Gasteiger partial charge in [0.05, 0.1) is 5.56 Å². The van der Waals surface area contributed by atoms with E-state index >= 15 is 0 Å². The number of hydrogen-bond acceptors (Lipinski definition) is 3. The maximum atomic E-state index is 12.0. The lowest BCUT2D eigenvalue weighted by Crippen LogP contribution is -2.44. The summed E-state index contributed by atoms with van der Waals surface area (Å²) in [7, 11) is 0. The Labute approximate surface area is 158 Å². The maximum Gasteiger partial charge on any atom is 0.276 e. The number of ether oxygens (including phenoxy) is 1. The molecular weight excluding hydrogens is 431 g/mol. The van der Waals surface area contributed by atoms with Crippen LogP contribution in [0.2, 0.25) is 0 Å². The molecular formula is C19H15IN2O3. The molecule has 2 N–H and O–H groups in total. The second-order valence-corrected chi connectivity index (χ2v) is 6.41. The number of halogens is 1. The summed E-state index contributed by atoms with van der Waals surface area (Å²) >= 11 is 2.07. The Hall–Kier alpha value is -2.61. The molecule has 0 saturated carbocycles. The van der Waals surface area contributed by atoms with E-state index in [1.165, 1.54) is 0 Å². The van der Waals surface area contributed by atoms with Crippen molar-refractivity contribution in [2.45, 2.75) is 0 Å². The molecule has 0 spiro atoms. The lowest BCUT2D eigenvalue weighted by atomic mass is 10.1. The first-order valence-electron chi connectivity index (χ1n) is 7.59. The van der Waals surface area contributed by atoms with Crippen molar-refractivity contribution in [3.05, 3.63) is 75.9 Å². The smallest absolute Gasteiger partial charge is 0.276 e. The van der Waals surface area contributed by atoms with E-state index in [0.29, 0.717) is 11.3 Å². The van der Waals surface area contributed by atoms with E-state index in [-0.39, 0.29) is 12.5 Å². The Kier molecular flexibility index (Phi) is 5.49. The third-order valence-electron chi connectivity index (χ3n) is 3.54. The number of hydrogen-bond donors (Lipinski definition) is 2. The molecule has 5 nitrogen and oxygen atoms in total. The standard InChI is InChI=1S/C19H15IN2O3/c20-16-10-4-3-9-15(16)19(24)22-21-18(23)12-25-17-11-5-7-13-6-1-2-8-14(13)17/h1-11H,12H2,(H,21,23)(H,22,24). The van der Waals surface area contributed by atoms with E-state index in [0.717, 1.165) is 14.3 Å². The molecule has 3 rings (SSSR count). The first-order valence-corrected chi connectivity index (χ1v) is 8.67. The summed E-state index contributed by atoms with van der Waals surface area (Å²) in [5, 5.41) is 1.97. The van der Waals surface area contributed by atoms with Crippen LogP contribution in [0.4, 0.5) is 0 Å². The van der Waals surface area contributed by atoms with Crippen LogP contribution in [0.15, 0.2) is 66.7 Å². The van der Waals surface area contributed by atoms with Crippen LogP contribution < -0.4 is 15.6 Å². The van der Waals surface area contributed by atoms with Gasteiger partial charge in [-0.3, -0.25) is 20.4 Å². The fourth-order valence-electron chi connectivity index (χ4n) is 2.34. The van der Waals surface area contributed by atoms with Crippen LogP contribution in [0.25, 0.3) is 10.8 Å². The average Bonchev–Trinajstić information content (AvgIpc) is 2.64. The highest BCUT2D eigenvalue weighted by Crippen LogP contribution is 2.24. The van der Waals surface area contributed by atoms with Gasteiger partial charge in [-0.2, -0.15) is 0 Å². The highest BCUT2D eigenvalue weighted by atomic mass is 127. The van der Waals surface area contributed by atoms with Gasteiger partial charge in [-0.05, 0) is 46.2 Å². The predicted octanol–water partition coefficient (Wildman–Crippen LogP) is 3.28. The van der Waals surface area contributed by atoms with Gasteiger partial charge in [-0.1, -0.05) is 48.5 Å². The number of carbonyl (C=O) groups excluding carboxylic acids is 2. The predicted molar refractivity (Wildman–Crippen MR) is 104 cm³/mol. The molecule has 0 aliphatic rings. The molecule has 0 aliphatic heterocycles. The number of carbonyl (C=O) groups is 2. The van der Waals surface area contributed by atoms with Gasteiger partial charge in [-0.15, -0.1) is 0 Å². The van der Waals surface area contributed by atoms with E-state index in [2.05, 4.69) is 33.4 Å². The second kappa shape index (κ2) is 7.98. The normalized spacial score (nSPS) is 10.3. The minimum absolute atomic E-state index is 0.194. The molecule has 126 valence electrons. The second-order valence-electron chi connectivity index (χ2n) is 5.25. The van der Waals surface area contributed by atoms with Gasteiger partial charge >= 0.3 is 0 Å². The van der Waals surface area contributed by atoms with Crippen molar-refractivity contribution < 1.29 is 14.3 Å². The zero-order chi connectivity index (χ0) is 17.6. The topological polar surface area (TPSA) is 67.4 Å². The third-order valence-corrected chi connectivity index (χ3v) is 4.48. The lowest BCUT2D eigenvalue weighted by molar-refractivity contribution is -0.123. The van der Waals surface area contributed by atoms with Gasteiger partial charge in [0.2, 0.25) is 0 Å². The number of hydrazine groups is 1. The number of rotatable bonds is 4. The fraction of sp³-hybridized carbons (Fsp3) is 0.0526. The van der Waals surface area contributed by atoms with Crippen molar-refractivity contribution in [3.8, 4) is 5.75 Å². The van der Waals surface area contributed by atoms with Gasteiger partial charge in [-0.25, -0.2) is 0 Å². The van der Waals surface area contributed by atoms with Gasteiger partial charge in [0.15, 0.2) is 6.61 Å². The quantitative estimate of drug-likeness (QED) is 0.478. The van der Waals surface area contributed by atoms with Crippen molar-refractivity contribution in [2.24, 2.45) is 0 Å². The Bertz CT molecular complexity index is 922. The van der Waals surface area contributed by atoms with E-state index < -0.39 is 5.91 Å². The molecule has 3 aromatic rings. The highest BCUT2D eigenvalue weighted by Gasteiger charge is 2.11. The molecule has 0 atom stereocenters. The molecule has 0 saturated heterocycles. The Morgan fingerprint density at radius 3 is 2.44 bits per heavy atom. The average molecular weight is 446 g/mol. The van der Waals surface area contributed by atoms with Crippen molar-refractivity contribution in [1.82, 2.24) is 10.9 Å². The fourth-order valence-corrected chi connectivity index (χ4v) is 2.97.